The van der Waals surface area contributed by atoms with E-state index in [-0.39, 0.29) is 11.3 Å². The Morgan fingerprint density at radius 1 is 1.44 bits per heavy atom. The van der Waals surface area contributed by atoms with Crippen LogP contribution in [0.25, 0.3) is 5.69 Å². The summed E-state index contributed by atoms with van der Waals surface area (Å²) in [7, 11) is 1.60. The van der Waals surface area contributed by atoms with Gasteiger partial charge < -0.3 is 14.7 Å². The first kappa shape index (κ1) is 18.1. The molecule has 1 amide bonds. The quantitative estimate of drug-likeness (QED) is 0.559. The summed E-state index contributed by atoms with van der Waals surface area (Å²) in [4.78, 5) is 25.1. The highest BCUT2D eigenvalue weighted by Crippen LogP contribution is 2.52. The Kier molecular flexibility index (Phi) is 4.50. The highest BCUT2D eigenvalue weighted by Gasteiger charge is 2.60. The topological polar surface area (TPSA) is 110 Å². The second-order valence-corrected chi connectivity index (χ2v) is 9.15. The number of hydrogen-bond acceptors (Lipinski definition) is 8. The van der Waals surface area contributed by atoms with Crippen molar-refractivity contribution >= 4 is 35.4 Å². The molecule has 142 valence electrons. The second kappa shape index (κ2) is 6.71. The minimum atomic E-state index is -0.976. The third-order valence-corrected chi connectivity index (χ3v) is 7.70. The van der Waals surface area contributed by atoms with E-state index in [1.54, 1.807) is 23.6 Å². The van der Waals surface area contributed by atoms with Crippen molar-refractivity contribution in [3.05, 3.63) is 24.3 Å². The Hall–Kier alpha value is -2.27. The number of hydrogen-bond donors (Lipinski definition) is 1. The number of fused-ring (bicyclic) bond motifs is 1. The third kappa shape index (κ3) is 3.04. The van der Waals surface area contributed by atoms with E-state index in [0.717, 1.165) is 11.4 Å². The van der Waals surface area contributed by atoms with Crippen LogP contribution in [0.1, 0.15) is 13.3 Å². The van der Waals surface area contributed by atoms with Gasteiger partial charge in [-0.05, 0) is 41.6 Å². The lowest BCUT2D eigenvalue weighted by atomic mass is 9.98. The first-order valence-corrected chi connectivity index (χ1v) is 10.1. The van der Waals surface area contributed by atoms with Crippen LogP contribution < -0.4 is 4.74 Å². The van der Waals surface area contributed by atoms with Crippen molar-refractivity contribution in [1.82, 2.24) is 25.1 Å². The zero-order chi connectivity index (χ0) is 19.2. The molecule has 2 aliphatic rings. The van der Waals surface area contributed by atoms with Gasteiger partial charge in [0.15, 0.2) is 0 Å². The number of benzene rings is 1. The van der Waals surface area contributed by atoms with Crippen molar-refractivity contribution in [2.45, 2.75) is 34.7 Å². The van der Waals surface area contributed by atoms with Crippen LogP contribution in [0.3, 0.4) is 0 Å². The van der Waals surface area contributed by atoms with Gasteiger partial charge in [0, 0.05) is 5.75 Å². The molecule has 2 aliphatic heterocycles. The summed E-state index contributed by atoms with van der Waals surface area (Å²) in [5.74, 6) is 0.118. The first-order chi connectivity index (χ1) is 12.9. The molecular weight excluding hydrogens is 390 g/mol. The molecule has 1 aromatic heterocycles. The Labute approximate surface area is 163 Å². The summed E-state index contributed by atoms with van der Waals surface area (Å²) in [5.41, 5.74) is 0.779. The van der Waals surface area contributed by atoms with Crippen LogP contribution in [-0.4, -0.2) is 71.1 Å². The second-order valence-electron chi connectivity index (χ2n) is 6.49. The Morgan fingerprint density at radius 2 is 2.19 bits per heavy atom. The van der Waals surface area contributed by atoms with E-state index in [2.05, 4.69) is 15.5 Å². The molecule has 0 bridgehead atoms. The van der Waals surface area contributed by atoms with Crippen molar-refractivity contribution in [3.63, 3.8) is 0 Å². The molecular formula is C16H17N5O4S2. The average Bonchev–Trinajstić information content (AvgIpc) is 3.21. The molecule has 0 unspecified atom stereocenters. The maximum atomic E-state index is 11.8. The Morgan fingerprint density at radius 3 is 2.81 bits per heavy atom. The van der Waals surface area contributed by atoms with Gasteiger partial charge in [0.25, 0.3) is 0 Å². The van der Waals surface area contributed by atoms with E-state index in [1.165, 1.54) is 16.7 Å². The number of carboxylic acid groups (broad SMARTS) is 1. The molecule has 3 atom stereocenters. The molecule has 2 aromatic rings. The smallest absolute Gasteiger partial charge is 0.327 e. The molecule has 4 rings (SSSR count). The average molecular weight is 407 g/mol. The SMILES string of the molecule is COc1ccc(-n2nnnc2SC[C@]2(C)S[C@@H]3CC(=O)N3[C@H]2C(=O)O)cc1. The monoisotopic (exact) mass is 407 g/mol. The van der Waals surface area contributed by atoms with Crippen LogP contribution in [0.15, 0.2) is 29.4 Å². The van der Waals surface area contributed by atoms with Crippen molar-refractivity contribution in [3.8, 4) is 11.4 Å². The van der Waals surface area contributed by atoms with Crippen molar-refractivity contribution in [1.29, 1.82) is 0 Å². The maximum Gasteiger partial charge on any atom is 0.327 e. The van der Waals surface area contributed by atoms with Gasteiger partial charge in [-0.2, -0.15) is 4.68 Å². The number of aliphatic carboxylic acids is 1. The predicted molar refractivity (Wildman–Crippen MR) is 99.1 cm³/mol. The number of amides is 1. The number of rotatable bonds is 6. The van der Waals surface area contributed by atoms with Gasteiger partial charge in [-0.15, -0.1) is 16.9 Å². The molecule has 0 radical (unpaired) electrons. The number of ether oxygens (including phenoxy) is 1. The number of thioether (sulfide) groups is 2. The van der Waals surface area contributed by atoms with Crippen LogP contribution in [0.2, 0.25) is 0 Å². The molecule has 27 heavy (non-hydrogen) atoms. The number of aromatic nitrogens is 4. The van der Waals surface area contributed by atoms with E-state index >= 15 is 0 Å². The van der Waals surface area contributed by atoms with Gasteiger partial charge in [-0.25, -0.2) is 4.79 Å². The van der Waals surface area contributed by atoms with Crippen LogP contribution in [0.5, 0.6) is 5.75 Å². The van der Waals surface area contributed by atoms with E-state index < -0.39 is 16.8 Å². The van der Waals surface area contributed by atoms with Crippen molar-refractivity contribution in [2.75, 3.05) is 12.9 Å². The summed E-state index contributed by atoms with van der Waals surface area (Å²) in [5, 5.41) is 22.0. The molecule has 11 heteroatoms. The fourth-order valence-corrected chi connectivity index (χ4v) is 6.26. The van der Waals surface area contributed by atoms with Crippen molar-refractivity contribution < 1.29 is 19.4 Å². The molecule has 3 heterocycles. The standard InChI is InChI=1S/C16H17N5O4S2/c1-16(13(14(23)24)20-11(22)7-12(20)27-16)8-26-15-17-18-19-21(15)9-3-5-10(25-2)6-4-9/h3-6,12-13H,7-8H2,1-2H3,(H,23,24)/t12-,13+,16+/m1/s1. The summed E-state index contributed by atoms with van der Waals surface area (Å²) in [6.45, 7) is 1.89. The highest BCUT2D eigenvalue weighted by molar-refractivity contribution is 8.04. The van der Waals surface area contributed by atoms with Crippen LogP contribution in [-0.2, 0) is 9.59 Å². The van der Waals surface area contributed by atoms with Gasteiger partial charge in [-0.1, -0.05) is 11.8 Å². The summed E-state index contributed by atoms with van der Waals surface area (Å²) >= 11 is 2.92. The normalized spacial score (nSPS) is 26.6. The maximum absolute atomic E-state index is 11.8. The van der Waals surface area contributed by atoms with E-state index in [1.807, 2.05) is 31.2 Å². The molecule has 2 fully saturated rings. The van der Waals surface area contributed by atoms with Crippen LogP contribution in [0.4, 0.5) is 0 Å². The first-order valence-electron chi connectivity index (χ1n) is 8.20. The molecule has 0 aliphatic carbocycles. The van der Waals surface area contributed by atoms with E-state index in [0.29, 0.717) is 17.3 Å². The highest BCUT2D eigenvalue weighted by atomic mass is 32.2. The lowest BCUT2D eigenvalue weighted by molar-refractivity contribution is -0.157. The summed E-state index contributed by atoms with van der Waals surface area (Å²) < 4.78 is 6.14. The number of β-lactam (4-membered cyclic amide) rings is 1. The predicted octanol–water partition coefficient (Wildman–Crippen LogP) is 1.28. The van der Waals surface area contributed by atoms with Crippen molar-refractivity contribution in [2.24, 2.45) is 0 Å². The van der Waals surface area contributed by atoms with E-state index in [4.69, 9.17) is 4.74 Å². The number of methoxy groups -OCH3 is 1. The molecule has 9 nitrogen and oxygen atoms in total. The molecule has 1 N–H and O–H groups in total. The third-order valence-electron chi connectivity index (χ3n) is 4.69. The number of carbonyl (C=O) groups excluding carboxylic acids is 1. The largest absolute Gasteiger partial charge is 0.497 e. The number of nitrogens with zero attached hydrogens (tertiary/aromatic N) is 5. The van der Waals surface area contributed by atoms with Gasteiger partial charge in [0.05, 0.1) is 29.3 Å². The van der Waals surface area contributed by atoms with Gasteiger partial charge >= 0.3 is 5.97 Å². The summed E-state index contributed by atoms with van der Waals surface area (Å²) in [6, 6.07) is 6.48. The lowest BCUT2D eigenvalue weighted by Crippen LogP contribution is -2.57. The minimum Gasteiger partial charge on any atom is -0.497 e. The lowest BCUT2D eigenvalue weighted by Gasteiger charge is -2.36. The summed E-state index contributed by atoms with van der Waals surface area (Å²) in [6.07, 6.45) is 0.401. The molecule has 0 saturated carbocycles. The zero-order valence-electron chi connectivity index (χ0n) is 14.6. The fourth-order valence-electron chi connectivity index (χ4n) is 3.33. The zero-order valence-corrected chi connectivity index (χ0v) is 16.2. The van der Waals surface area contributed by atoms with Gasteiger partial charge in [0.1, 0.15) is 11.8 Å². The fraction of sp³-hybridized carbons (Fsp3) is 0.438. The number of carbonyl (C=O) groups is 2. The minimum absolute atomic E-state index is 0.0539. The van der Waals surface area contributed by atoms with Gasteiger partial charge in [-0.3, -0.25) is 4.79 Å². The van der Waals surface area contributed by atoms with Crippen LogP contribution in [0, 0.1) is 0 Å². The Bertz CT molecular complexity index is 889. The molecule has 2 saturated heterocycles. The van der Waals surface area contributed by atoms with E-state index in [9.17, 15) is 14.7 Å². The molecule has 0 spiro atoms. The molecule has 1 aromatic carbocycles. The number of carboxylic acids is 1. The number of tetrazole rings is 1. The van der Waals surface area contributed by atoms with Crippen LogP contribution >= 0.6 is 23.5 Å². The van der Waals surface area contributed by atoms with Gasteiger partial charge in [0.2, 0.25) is 11.1 Å². The Balaban J connectivity index is 1.53.